The Balaban J connectivity index is 1.54. The summed E-state index contributed by atoms with van der Waals surface area (Å²) in [6.07, 6.45) is 0. The summed E-state index contributed by atoms with van der Waals surface area (Å²) in [6.45, 7) is 3.96. The normalized spacial score (nSPS) is 23.9. The van der Waals surface area contributed by atoms with Crippen molar-refractivity contribution in [3.05, 3.63) is 53.8 Å². The molecular weight excluding hydrogens is 455 g/mol. The lowest BCUT2D eigenvalue weighted by atomic mass is 10.1. The minimum absolute atomic E-state index is 0.00266. The van der Waals surface area contributed by atoms with E-state index in [-0.39, 0.29) is 16.2 Å². The largest absolute Gasteiger partial charge is 0.497 e. The van der Waals surface area contributed by atoms with Crippen molar-refractivity contribution >= 4 is 25.4 Å². The number of hydrogen-bond donors (Lipinski definition) is 0. The molecule has 32 heavy (non-hydrogen) atoms. The van der Waals surface area contributed by atoms with Crippen LogP contribution in [0.2, 0.25) is 0 Å². The van der Waals surface area contributed by atoms with Crippen LogP contribution in [-0.4, -0.2) is 77.8 Å². The third-order valence-corrected chi connectivity index (χ3v) is 10.6. The molecule has 10 heteroatoms. The summed E-state index contributed by atoms with van der Waals surface area (Å²) >= 11 is 0. The monoisotopic (exact) mass is 482 g/mol. The van der Waals surface area contributed by atoms with Crippen LogP contribution in [0.25, 0.3) is 0 Å². The third-order valence-electron chi connectivity index (χ3n) is 6.33. The molecule has 0 aromatic heterocycles. The number of rotatable bonds is 5. The molecule has 0 aliphatic carbocycles. The van der Waals surface area contributed by atoms with Crippen LogP contribution in [0, 0.1) is 12.7 Å². The smallest absolute Gasteiger partial charge is 0.184 e. The fourth-order valence-corrected chi connectivity index (χ4v) is 9.69. The molecule has 2 aromatic rings. The Morgan fingerprint density at radius 2 is 1.66 bits per heavy atom. The summed E-state index contributed by atoms with van der Waals surface area (Å²) in [5.74, 6) is -0.339. The van der Waals surface area contributed by atoms with Gasteiger partial charge in [-0.1, -0.05) is 0 Å². The zero-order chi connectivity index (χ0) is 23.1. The van der Waals surface area contributed by atoms with E-state index in [9.17, 15) is 21.2 Å². The number of piperazine rings is 1. The van der Waals surface area contributed by atoms with Crippen molar-refractivity contribution in [2.45, 2.75) is 23.1 Å². The van der Waals surface area contributed by atoms with Gasteiger partial charge in [0, 0.05) is 37.9 Å². The molecule has 2 heterocycles. The number of hydrogen-bond acceptors (Lipinski definition) is 7. The lowest BCUT2D eigenvalue weighted by Gasteiger charge is -2.40. The number of methoxy groups -OCH3 is 1. The van der Waals surface area contributed by atoms with Gasteiger partial charge in [0.2, 0.25) is 0 Å². The first kappa shape index (κ1) is 23.0. The van der Waals surface area contributed by atoms with Crippen molar-refractivity contribution in [3.8, 4) is 5.75 Å². The van der Waals surface area contributed by atoms with Crippen molar-refractivity contribution in [1.82, 2.24) is 4.90 Å². The van der Waals surface area contributed by atoms with Gasteiger partial charge in [0.05, 0.1) is 28.8 Å². The fraction of sp³-hybridized carbons (Fsp3) is 0.455. The van der Waals surface area contributed by atoms with Gasteiger partial charge in [0.1, 0.15) is 11.6 Å². The second-order valence-electron chi connectivity index (χ2n) is 8.36. The second kappa shape index (κ2) is 8.64. The number of benzene rings is 2. The minimum atomic E-state index is -3.94. The van der Waals surface area contributed by atoms with Gasteiger partial charge in [0.25, 0.3) is 0 Å². The van der Waals surface area contributed by atoms with Crippen molar-refractivity contribution < 1.29 is 26.0 Å². The molecule has 0 spiro atoms. The van der Waals surface area contributed by atoms with Crippen molar-refractivity contribution in [2.75, 3.05) is 49.7 Å². The van der Waals surface area contributed by atoms with E-state index in [1.807, 2.05) is 29.2 Å². The lowest BCUT2D eigenvalue weighted by molar-refractivity contribution is 0.201. The second-order valence-corrected chi connectivity index (χ2v) is 12.6. The lowest BCUT2D eigenvalue weighted by Crippen LogP contribution is -2.55. The van der Waals surface area contributed by atoms with E-state index in [4.69, 9.17) is 4.74 Å². The predicted molar refractivity (Wildman–Crippen MR) is 121 cm³/mol. The first-order chi connectivity index (χ1) is 15.1. The van der Waals surface area contributed by atoms with Gasteiger partial charge in [0.15, 0.2) is 19.7 Å². The Morgan fingerprint density at radius 3 is 2.25 bits per heavy atom. The van der Waals surface area contributed by atoms with Crippen LogP contribution in [0.5, 0.6) is 5.75 Å². The molecule has 2 fully saturated rings. The molecule has 2 atom stereocenters. The Morgan fingerprint density at radius 1 is 1.00 bits per heavy atom. The zero-order valence-corrected chi connectivity index (χ0v) is 19.7. The number of sulfone groups is 2. The van der Waals surface area contributed by atoms with E-state index in [1.165, 1.54) is 19.1 Å². The van der Waals surface area contributed by atoms with Crippen molar-refractivity contribution in [3.63, 3.8) is 0 Å². The van der Waals surface area contributed by atoms with Gasteiger partial charge >= 0.3 is 0 Å². The first-order valence-corrected chi connectivity index (χ1v) is 13.8. The Labute approximate surface area is 188 Å². The van der Waals surface area contributed by atoms with Gasteiger partial charge in [-0.2, -0.15) is 0 Å². The third kappa shape index (κ3) is 4.49. The summed E-state index contributed by atoms with van der Waals surface area (Å²) in [5.41, 5.74) is 1.33. The van der Waals surface area contributed by atoms with E-state index in [0.29, 0.717) is 26.2 Å². The van der Waals surface area contributed by atoms with Gasteiger partial charge < -0.3 is 9.64 Å². The predicted octanol–water partition coefficient (Wildman–Crippen LogP) is 1.90. The zero-order valence-electron chi connectivity index (χ0n) is 18.1. The number of nitrogens with zero attached hydrogens (tertiary/aromatic N) is 2. The molecular formula is C22H27FN2O5S2. The molecule has 2 aliphatic rings. The van der Waals surface area contributed by atoms with E-state index in [0.717, 1.165) is 17.5 Å². The number of anilines is 1. The molecule has 0 amide bonds. The summed E-state index contributed by atoms with van der Waals surface area (Å²) in [4.78, 5) is 4.17. The Hall–Kier alpha value is -2.17. The Kier molecular flexibility index (Phi) is 6.21. The molecule has 2 saturated heterocycles. The van der Waals surface area contributed by atoms with Crippen LogP contribution in [0.4, 0.5) is 10.1 Å². The SMILES string of the molecule is COc1ccc(N2CCN([C@H]3CS(=O)(=O)C[C@@H]3S(=O)(=O)c3ccc(F)cc3C)CC2)cc1. The number of ether oxygens (including phenoxy) is 1. The maximum Gasteiger partial charge on any atom is 0.184 e. The van der Waals surface area contributed by atoms with Crippen LogP contribution in [-0.2, 0) is 19.7 Å². The van der Waals surface area contributed by atoms with E-state index in [2.05, 4.69) is 4.90 Å². The molecule has 0 N–H and O–H groups in total. The highest BCUT2D eigenvalue weighted by Crippen LogP contribution is 2.32. The topological polar surface area (TPSA) is 84.0 Å². The number of halogens is 1. The van der Waals surface area contributed by atoms with Crippen LogP contribution < -0.4 is 9.64 Å². The molecule has 2 aliphatic heterocycles. The maximum absolute atomic E-state index is 13.5. The molecule has 0 bridgehead atoms. The number of aryl methyl sites for hydroxylation is 1. The minimum Gasteiger partial charge on any atom is -0.497 e. The van der Waals surface area contributed by atoms with Crippen molar-refractivity contribution in [2.24, 2.45) is 0 Å². The van der Waals surface area contributed by atoms with Gasteiger partial charge in [-0.3, -0.25) is 4.90 Å². The van der Waals surface area contributed by atoms with Crippen molar-refractivity contribution in [1.29, 1.82) is 0 Å². The van der Waals surface area contributed by atoms with E-state index in [1.54, 1.807) is 7.11 Å². The molecule has 4 rings (SSSR count). The molecule has 7 nitrogen and oxygen atoms in total. The summed E-state index contributed by atoms with van der Waals surface area (Å²) in [7, 11) is -5.83. The average Bonchev–Trinajstić information content (AvgIpc) is 3.10. The van der Waals surface area contributed by atoms with Gasteiger partial charge in [-0.15, -0.1) is 0 Å². The van der Waals surface area contributed by atoms with E-state index >= 15 is 0 Å². The van der Waals surface area contributed by atoms with Crippen LogP contribution in [0.15, 0.2) is 47.4 Å². The molecule has 0 saturated carbocycles. The van der Waals surface area contributed by atoms with Gasteiger partial charge in [-0.25, -0.2) is 21.2 Å². The Bertz CT molecular complexity index is 1190. The summed E-state index contributed by atoms with van der Waals surface area (Å²) in [6, 6.07) is 10.6. The highest BCUT2D eigenvalue weighted by Gasteiger charge is 2.49. The molecule has 0 radical (unpaired) electrons. The molecule has 174 valence electrons. The van der Waals surface area contributed by atoms with Crippen LogP contribution in [0.1, 0.15) is 5.56 Å². The van der Waals surface area contributed by atoms with Crippen LogP contribution in [0.3, 0.4) is 0 Å². The average molecular weight is 483 g/mol. The van der Waals surface area contributed by atoms with Gasteiger partial charge in [-0.05, 0) is 55.0 Å². The summed E-state index contributed by atoms with van der Waals surface area (Å²) < 4.78 is 70.5. The molecule has 2 aromatic carbocycles. The quantitative estimate of drug-likeness (QED) is 0.602. The maximum atomic E-state index is 13.5. The first-order valence-electron chi connectivity index (χ1n) is 10.4. The summed E-state index contributed by atoms with van der Waals surface area (Å²) in [5, 5.41) is -1.07. The fourth-order valence-electron chi connectivity index (χ4n) is 4.63. The highest BCUT2D eigenvalue weighted by atomic mass is 32.2. The molecule has 0 unspecified atom stereocenters. The standard InChI is InChI=1S/C22H27FN2O5S2/c1-16-13-17(23)3-8-21(16)32(28,29)22-15-31(26,27)14-20(22)25-11-9-24(10-12-25)18-4-6-19(30-2)7-5-18/h3-8,13,20,22H,9-12,14-15H2,1-2H3/t20-,22-/m0/s1. The highest BCUT2D eigenvalue weighted by molar-refractivity contribution is 7.96. The van der Waals surface area contributed by atoms with E-state index < -0.39 is 42.5 Å². The van der Waals surface area contributed by atoms with Crippen LogP contribution >= 0.6 is 0 Å².